The summed E-state index contributed by atoms with van der Waals surface area (Å²) in [5.74, 6) is -0.596. The Labute approximate surface area is 95.3 Å². The number of rotatable bonds is 4. The zero-order valence-electron chi connectivity index (χ0n) is 8.07. The van der Waals surface area contributed by atoms with Gasteiger partial charge in [-0.15, -0.1) is 0 Å². The number of nitrogens with zero attached hydrogens (tertiary/aromatic N) is 1. The first kappa shape index (κ1) is 11.9. The minimum atomic E-state index is -1.02. The Morgan fingerprint density at radius 1 is 1.73 bits per heavy atom. The van der Waals surface area contributed by atoms with Gasteiger partial charge >= 0.3 is 5.97 Å². The number of carbonyl (C=O) groups is 1. The summed E-state index contributed by atoms with van der Waals surface area (Å²) < 4.78 is 0.428. The standard InChI is InChI=1S/C9H11BrN2O3/c1-5(4-13)12-8-2-6(9(14)15)7(10)3-11-8/h2-3,5,13H,4H2,1H3,(H,11,12)(H,14,15). The second-order valence-electron chi connectivity index (χ2n) is 3.08. The van der Waals surface area contributed by atoms with E-state index in [9.17, 15) is 4.79 Å². The predicted octanol–water partition coefficient (Wildman–Crippen LogP) is 1.33. The molecule has 0 saturated carbocycles. The fourth-order valence-electron chi connectivity index (χ4n) is 0.980. The summed E-state index contributed by atoms with van der Waals surface area (Å²) >= 11 is 3.09. The molecule has 1 unspecified atom stereocenters. The van der Waals surface area contributed by atoms with Crippen molar-refractivity contribution in [2.45, 2.75) is 13.0 Å². The molecule has 0 fully saturated rings. The number of anilines is 1. The fraction of sp³-hybridized carbons (Fsp3) is 0.333. The fourth-order valence-corrected chi connectivity index (χ4v) is 1.37. The summed E-state index contributed by atoms with van der Waals surface area (Å²) in [6, 6.07) is 1.25. The van der Waals surface area contributed by atoms with Crippen molar-refractivity contribution >= 4 is 27.7 Å². The molecule has 6 heteroatoms. The minimum Gasteiger partial charge on any atom is -0.478 e. The third-order valence-corrected chi connectivity index (χ3v) is 2.39. The van der Waals surface area contributed by atoms with E-state index in [2.05, 4.69) is 26.2 Å². The normalized spacial score (nSPS) is 12.2. The van der Waals surface area contributed by atoms with Gasteiger partial charge in [0.05, 0.1) is 16.6 Å². The van der Waals surface area contributed by atoms with Crippen LogP contribution in [0.1, 0.15) is 17.3 Å². The van der Waals surface area contributed by atoms with Gasteiger partial charge in [0.2, 0.25) is 0 Å². The number of halogens is 1. The van der Waals surface area contributed by atoms with Crippen LogP contribution in [0.3, 0.4) is 0 Å². The Bertz CT molecular complexity index is 370. The van der Waals surface area contributed by atoms with Gasteiger partial charge < -0.3 is 15.5 Å². The first-order valence-electron chi connectivity index (χ1n) is 4.31. The van der Waals surface area contributed by atoms with Gasteiger partial charge in [0.1, 0.15) is 5.82 Å². The Morgan fingerprint density at radius 3 is 2.93 bits per heavy atom. The summed E-state index contributed by atoms with van der Waals surface area (Å²) in [5.41, 5.74) is 0.137. The summed E-state index contributed by atoms with van der Waals surface area (Å²) in [5, 5.41) is 20.5. The zero-order chi connectivity index (χ0) is 11.4. The number of aromatic nitrogens is 1. The molecule has 3 N–H and O–H groups in total. The molecule has 1 rings (SSSR count). The molecular weight excluding hydrogens is 264 g/mol. The van der Waals surface area contributed by atoms with Crippen LogP contribution in [-0.2, 0) is 0 Å². The summed E-state index contributed by atoms with van der Waals surface area (Å²) in [6.45, 7) is 1.73. The quantitative estimate of drug-likeness (QED) is 0.772. The lowest BCUT2D eigenvalue weighted by Crippen LogP contribution is -2.20. The number of carboxylic acids is 1. The zero-order valence-corrected chi connectivity index (χ0v) is 9.65. The van der Waals surface area contributed by atoms with Crippen molar-refractivity contribution in [2.24, 2.45) is 0 Å². The Balaban J connectivity index is 2.92. The summed E-state index contributed by atoms with van der Waals surface area (Å²) in [7, 11) is 0. The molecule has 1 aromatic rings. The number of hydrogen-bond acceptors (Lipinski definition) is 4. The van der Waals surface area contributed by atoms with E-state index in [0.29, 0.717) is 10.3 Å². The van der Waals surface area contributed by atoms with Crippen molar-refractivity contribution in [3.8, 4) is 0 Å². The molecule has 0 aliphatic carbocycles. The maximum absolute atomic E-state index is 10.8. The van der Waals surface area contributed by atoms with E-state index in [0.717, 1.165) is 0 Å². The number of aromatic carboxylic acids is 1. The van der Waals surface area contributed by atoms with Crippen LogP contribution < -0.4 is 5.32 Å². The van der Waals surface area contributed by atoms with Crippen LogP contribution in [0.15, 0.2) is 16.7 Å². The van der Waals surface area contributed by atoms with Gasteiger partial charge in [0.15, 0.2) is 0 Å². The molecule has 5 nitrogen and oxygen atoms in total. The number of nitrogens with one attached hydrogen (secondary N) is 1. The Hall–Kier alpha value is -1.14. The predicted molar refractivity (Wildman–Crippen MR) is 59.1 cm³/mol. The van der Waals surface area contributed by atoms with E-state index in [-0.39, 0.29) is 18.2 Å². The van der Waals surface area contributed by atoms with Crippen LogP contribution >= 0.6 is 15.9 Å². The molecule has 0 aliphatic heterocycles. The first-order valence-corrected chi connectivity index (χ1v) is 5.10. The lowest BCUT2D eigenvalue weighted by Gasteiger charge is -2.11. The highest BCUT2D eigenvalue weighted by molar-refractivity contribution is 9.10. The van der Waals surface area contributed by atoms with Gasteiger partial charge in [0.25, 0.3) is 0 Å². The SMILES string of the molecule is CC(CO)Nc1cc(C(=O)O)c(Br)cn1. The van der Waals surface area contributed by atoms with Crippen molar-refractivity contribution in [1.29, 1.82) is 0 Å². The van der Waals surface area contributed by atoms with Crippen LogP contribution in [0.4, 0.5) is 5.82 Å². The lowest BCUT2D eigenvalue weighted by molar-refractivity contribution is 0.0696. The highest BCUT2D eigenvalue weighted by atomic mass is 79.9. The number of aliphatic hydroxyl groups excluding tert-OH is 1. The monoisotopic (exact) mass is 274 g/mol. The molecule has 1 atom stereocenters. The van der Waals surface area contributed by atoms with Crippen LogP contribution in [0.5, 0.6) is 0 Å². The number of carboxylic acid groups (broad SMARTS) is 1. The van der Waals surface area contributed by atoms with Crippen molar-refractivity contribution in [3.05, 3.63) is 22.3 Å². The number of hydrogen-bond donors (Lipinski definition) is 3. The van der Waals surface area contributed by atoms with Crippen LogP contribution in [0, 0.1) is 0 Å². The number of aliphatic hydroxyl groups is 1. The molecule has 0 bridgehead atoms. The van der Waals surface area contributed by atoms with E-state index >= 15 is 0 Å². The molecule has 0 spiro atoms. The Kier molecular flexibility index (Phi) is 4.05. The van der Waals surface area contributed by atoms with Gasteiger partial charge in [0, 0.05) is 12.2 Å². The van der Waals surface area contributed by atoms with Gasteiger partial charge in [-0.2, -0.15) is 0 Å². The largest absolute Gasteiger partial charge is 0.478 e. The van der Waals surface area contributed by atoms with Crippen LogP contribution in [0.2, 0.25) is 0 Å². The molecule has 0 aromatic carbocycles. The molecule has 1 aromatic heterocycles. The topological polar surface area (TPSA) is 82.5 Å². The number of pyridine rings is 1. The highest BCUT2D eigenvalue weighted by Gasteiger charge is 2.10. The maximum Gasteiger partial charge on any atom is 0.337 e. The second-order valence-corrected chi connectivity index (χ2v) is 3.94. The molecule has 0 aliphatic rings. The molecule has 1 heterocycles. The molecule has 15 heavy (non-hydrogen) atoms. The van der Waals surface area contributed by atoms with Gasteiger partial charge in [-0.1, -0.05) is 0 Å². The molecule has 0 saturated heterocycles. The average Bonchev–Trinajstić information content (AvgIpc) is 2.20. The van der Waals surface area contributed by atoms with Gasteiger partial charge in [-0.05, 0) is 28.9 Å². The second kappa shape index (κ2) is 5.09. The third-order valence-electron chi connectivity index (χ3n) is 1.75. The highest BCUT2D eigenvalue weighted by Crippen LogP contribution is 2.18. The van der Waals surface area contributed by atoms with Gasteiger partial charge in [-0.25, -0.2) is 9.78 Å². The van der Waals surface area contributed by atoms with E-state index < -0.39 is 5.97 Å². The third kappa shape index (κ3) is 3.17. The smallest absolute Gasteiger partial charge is 0.337 e. The summed E-state index contributed by atoms with van der Waals surface area (Å²) in [4.78, 5) is 14.8. The van der Waals surface area contributed by atoms with Crippen molar-refractivity contribution in [3.63, 3.8) is 0 Å². The van der Waals surface area contributed by atoms with Crippen molar-refractivity contribution in [1.82, 2.24) is 4.98 Å². The summed E-state index contributed by atoms with van der Waals surface area (Å²) in [6.07, 6.45) is 1.41. The molecular formula is C9H11BrN2O3. The lowest BCUT2D eigenvalue weighted by atomic mass is 10.2. The van der Waals surface area contributed by atoms with E-state index in [1.807, 2.05) is 0 Å². The van der Waals surface area contributed by atoms with Crippen molar-refractivity contribution in [2.75, 3.05) is 11.9 Å². The van der Waals surface area contributed by atoms with E-state index in [1.165, 1.54) is 12.3 Å². The van der Waals surface area contributed by atoms with Crippen LogP contribution in [0.25, 0.3) is 0 Å². The van der Waals surface area contributed by atoms with E-state index in [4.69, 9.17) is 10.2 Å². The van der Waals surface area contributed by atoms with Crippen molar-refractivity contribution < 1.29 is 15.0 Å². The Morgan fingerprint density at radius 2 is 2.40 bits per heavy atom. The molecule has 0 radical (unpaired) electrons. The van der Waals surface area contributed by atoms with Crippen LogP contribution in [-0.4, -0.2) is 33.8 Å². The van der Waals surface area contributed by atoms with Gasteiger partial charge in [-0.3, -0.25) is 0 Å². The average molecular weight is 275 g/mol. The first-order chi connectivity index (χ1) is 7.04. The molecule has 82 valence electrons. The maximum atomic E-state index is 10.8. The minimum absolute atomic E-state index is 0.0415. The van der Waals surface area contributed by atoms with E-state index in [1.54, 1.807) is 6.92 Å². The molecule has 0 amide bonds.